The maximum atomic E-state index is 3.86. The Morgan fingerprint density at radius 3 is 0.810 bits per heavy atom. The standard InChI is InChI=1S/C12H21Br8P/c13-1-9(17)5-21(6-10(18)2-14,7-11(19)3-15)8-12(20)4-16/h9-12,21H,1-8H2. The van der Waals surface area contributed by atoms with Gasteiger partial charge in [-0.2, -0.15) is 0 Å². The molecule has 0 spiro atoms. The zero-order valence-corrected chi connectivity index (χ0v) is 25.2. The SMILES string of the molecule is BrCC(Br)C[PH](CC(Br)CBr)(CC(Br)CBr)CC(Br)CBr. The molecule has 0 aromatic carbocycles. The predicted octanol–water partition coefficient (Wildman–Crippen LogP) is 7.37. The Bertz CT molecular complexity index is 214. The molecule has 0 aromatic rings. The van der Waals surface area contributed by atoms with Gasteiger partial charge in [-0.05, 0) is 0 Å². The summed E-state index contributed by atoms with van der Waals surface area (Å²) in [6.45, 7) is 0. The van der Waals surface area contributed by atoms with Gasteiger partial charge < -0.3 is 0 Å². The first-order chi connectivity index (χ1) is 9.82. The van der Waals surface area contributed by atoms with Crippen LogP contribution in [0.5, 0.6) is 0 Å². The molecule has 0 rings (SSSR count). The van der Waals surface area contributed by atoms with E-state index >= 15 is 0 Å². The summed E-state index contributed by atoms with van der Waals surface area (Å²) in [4.78, 5) is 2.24. The van der Waals surface area contributed by atoms with E-state index < -0.39 is 7.26 Å². The molecule has 9 heteroatoms. The second-order valence-corrected chi connectivity index (χ2v) is 17.7. The summed E-state index contributed by atoms with van der Waals surface area (Å²) < 4.78 is 0. The van der Waals surface area contributed by atoms with Crippen LogP contribution >= 0.6 is 135 Å². The molecule has 130 valence electrons. The Kier molecular flexibility index (Phi) is 17.3. The third kappa shape index (κ3) is 11.6. The van der Waals surface area contributed by atoms with Gasteiger partial charge in [0.05, 0.1) is 0 Å². The molecule has 0 aliphatic heterocycles. The van der Waals surface area contributed by atoms with Crippen molar-refractivity contribution in [3.63, 3.8) is 0 Å². The molecule has 0 heterocycles. The molecule has 0 saturated carbocycles. The number of rotatable bonds is 12. The summed E-state index contributed by atoms with van der Waals surface area (Å²) in [6.07, 6.45) is 5.21. The minimum atomic E-state index is -1.44. The molecule has 4 unspecified atom stereocenters. The van der Waals surface area contributed by atoms with Crippen LogP contribution in [0.1, 0.15) is 0 Å². The normalized spacial score (nSPS) is 19.0. The van der Waals surface area contributed by atoms with Crippen molar-refractivity contribution in [1.29, 1.82) is 0 Å². The number of hydrogen-bond donors (Lipinski definition) is 0. The van der Waals surface area contributed by atoms with Crippen molar-refractivity contribution in [2.75, 3.05) is 46.0 Å². The maximum absolute atomic E-state index is 3.86. The monoisotopic (exact) mass is 827 g/mol. The van der Waals surface area contributed by atoms with E-state index in [-0.39, 0.29) is 0 Å². The molecule has 21 heavy (non-hydrogen) atoms. The Balaban J connectivity index is 5.23. The second-order valence-electron chi connectivity index (χ2n) is 5.32. The van der Waals surface area contributed by atoms with E-state index in [0.29, 0.717) is 19.3 Å². The van der Waals surface area contributed by atoms with Gasteiger partial charge in [0.15, 0.2) is 0 Å². The summed E-state index contributed by atoms with van der Waals surface area (Å²) >= 11 is 29.9. The van der Waals surface area contributed by atoms with Gasteiger partial charge >= 0.3 is 200 Å². The summed E-state index contributed by atoms with van der Waals surface area (Å²) in [6, 6.07) is 0. The minimum absolute atomic E-state index is 0.559. The molecule has 0 N–H and O–H groups in total. The first kappa shape index (κ1) is 25.3. The first-order valence-electron chi connectivity index (χ1n) is 6.62. The Morgan fingerprint density at radius 1 is 0.476 bits per heavy atom. The van der Waals surface area contributed by atoms with E-state index in [0.717, 1.165) is 21.3 Å². The van der Waals surface area contributed by atoms with Crippen LogP contribution in [-0.4, -0.2) is 65.3 Å². The van der Waals surface area contributed by atoms with Gasteiger partial charge in [-0.3, -0.25) is 0 Å². The van der Waals surface area contributed by atoms with E-state index in [9.17, 15) is 0 Å². The third-order valence-corrected chi connectivity index (χ3v) is 20.3. The van der Waals surface area contributed by atoms with Gasteiger partial charge in [-0.15, -0.1) is 0 Å². The van der Waals surface area contributed by atoms with Crippen LogP contribution in [0.4, 0.5) is 0 Å². The number of hydrogen-bond acceptors (Lipinski definition) is 0. The fourth-order valence-corrected chi connectivity index (χ4v) is 18.8. The topological polar surface area (TPSA) is 0 Å². The molecule has 4 atom stereocenters. The summed E-state index contributed by atoms with van der Waals surface area (Å²) in [5, 5.41) is 4.08. The molecule has 0 nitrogen and oxygen atoms in total. The summed E-state index contributed by atoms with van der Waals surface area (Å²) in [5.74, 6) is 0. The van der Waals surface area contributed by atoms with Crippen molar-refractivity contribution < 1.29 is 0 Å². The van der Waals surface area contributed by atoms with Crippen molar-refractivity contribution in [1.82, 2.24) is 0 Å². The van der Waals surface area contributed by atoms with Crippen LogP contribution in [0.3, 0.4) is 0 Å². The van der Waals surface area contributed by atoms with Crippen molar-refractivity contribution in [2.45, 2.75) is 19.3 Å². The fraction of sp³-hybridized carbons (Fsp3) is 1.00. The molecule has 0 aromatic heterocycles. The van der Waals surface area contributed by atoms with Crippen molar-refractivity contribution in [2.24, 2.45) is 0 Å². The van der Waals surface area contributed by atoms with E-state index in [4.69, 9.17) is 0 Å². The number of halogens is 8. The molecule has 0 amide bonds. The van der Waals surface area contributed by atoms with Crippen molar-refractivity contribution in [3.05, 3.63) is 0 Å². The van der Waals surface area contributed by atoms with E-state index in [1.807, 2.05) is 0 Å². The summed E-state index contributed by atoms with van der Waals surface area (Å²) in [7, 11) is -1.44. The van der Waals surface area contributed by atoms with Crippen LogP contribution in [0, 0.1) is 0 Å². The van der Waals surface area contributed by atoms with E-state index in [2.05, 4.69) is 127 Å². The summed E-state index contributed by atoms with van der Waals surface area (Å²) in [5.41, 5.74) is 0. The molecular formula is C12H21Br8P. The number of alkyl halides is 8. The Labute approximate surface area is 197 Å². The van der Waals surface area contributed by atoms with Crippen molar-refractivity contribution in [3.8, 4) is 0 Å². The van der Waals surface area contributed by atoms with E-state index in [1.165, 1.54) is 24.6 Å². The Morgan fingerprint density at radius 2 is 0.667 bits per heavy atom. The zero-order chi connectivity index (χ0) is 16.5. The quantitative estimate of drug-likeness (QED) is 0.143. The molecular weight excluding hydrogens is 814 g/mol. The molecule has 0 aliphatic rings. The predicted molar refractivity (Wildman–Crippen MR) is 134 cm³/mol. The van der Waals surface area contributed by atoms with E-state index in [1.54, 1.807) is 0 Å². The van der Waals surface area contributed by atoms with Gasteiger partial charge in [0.2, 0.25) is 0 Å². The molecule has 0 fully saturated rings. The van der Waals surface area contributed by atoms with Crippen LogP contribution in [0.25, 0.3) is 0 Å². The fourth-order valence-electron chi connectivity index (χ4n) is 2.60. The van der Waals surface area contributed by atoms with Crippen LogP contribution < -0.4 is 0 Å². The van der Waals surface area contributed by atoms with Crippen LogP contribution in [0.15, 0.2) is 0 Å². The van der Waals surface area contributed by atoms with Gasteiger partial charge in [0, 0.05) is 0 Å². The van der Waals surface area contributed by atoms with Gasteiger partial charge in [-0.1, -0.05) is 0 Å². The second kappa shape index (κ2) is 14.3. The van der Waals surface area contributed by atoms with Gasteiger partial charge in [0.25, 0.3) is 0 Å². The average molecular weight is 836 g/mol. The van der Waals surface area contributed by atoms with Crippen LogP contribution in [0.2, 0.25) is 0 Å². The zero-order valence-electron chi connectivity index (χ0n) is 11.5. The van der Waals surface area contributed by atoms with Crippen LogP contribution in [-0.2, 0) is 0 Å². The average Bonchev–Trinajstić information content (AvgIpc) is 2.46. The van der Waals surface area contributed by atoms with Gasteiger partial charge in [-0.25, -0.2) is 0 Å². The molecule has 0 bridgehead atoms. The van der Waals surface area contributed by atoms with Gasteiger partial charge in [0.1, 0.15) is 0 Å². The first-order valence-corrected chi connectivity index (χ1v) is 17.6. The molecule has 0 saturated heterocycles. The van der Waals surface area contributed by atoms with Crippen molar-refractivity contribution >= 4 is 135 Å². The third-order valence-electron chi connectivity index (χ3n) is 3.29. The Hall–Kier alpha value is 4.27. The molecule has 0 radical (unpaired) electrons. The molecule has 0 aliphatic carbocycles.